The van der Waals surface area contributed by atoms with Crippen LogP contribution in [-0.4, -0.2) is 43.9 Å². The lowest BCUT2D eigenvalue weighted by atomic mass is 10.2. The maximum atomic E-state index is 11.4. The Morgan fingerprint density at radius 2 is 2.00 bits per heavy atom. The lowest BCUT2D eigenvalue weighted by Gasteiger charge is -2.24. The number of para-hydroxylation sites is 2. The first-order valence-electron chi connectivity index (χ1n) is 6.33. The Labute approximate surface area is 117 Å². The first-order chi connectivity index (χ1) is 9.58. The summed E-state index contributed by atoms with van der Waals surface area (Å²) in [7, 11) is 1.52. The summed E-state index contributed by atoms with van der Waals surface area (Å²) in [5.74, 6) is -0.754. The van der Waals surface area contributed by atoms with Crippen molar-refractivity contribution in [2.75, 3.05) is 31.7 Å². The third kappa shape index (κ3) is 4.79. The van der Waals surface area contributed by atoms with E-state index >= 15 is 0 Å². The Balaban J connectivity index is 2.83. The molecule has 0 heterocycles. The van der Waals surface area contributed by atoms with E-state index in [1.165, 1.54) is 7.11 Å². The second-order valence-electron chi connectivity index (χ2n) is 4.04. The minimum atomic E-state index is -0.972. The van der Waals surface area contributed by atoms with E-state index < -0.39 is 5.97 Å². The number of anilines is 1. The highest BCUT2D eigenvalue weighted by Crippen LogP contribution is 2.27. The Morgan fingerprint density at radius 1 is 1.30 bits per heavy atom. The lowest BCUT2D eigenvalue weighted by molar-refractivity contribution is -0.143. The maximum Gasteiger partial charge on any atom is 0.323 e. The van der Waals surface area contributed by atoms with Crippen LogP contribution < -0.4 is 9.64 Å². The van der Waals surface area contributed by atoms with Crippen molar-refractivity contribution in [3.63, 3.8) is 0 Å². The molecular weight excluding hydrogens is 262 g/mol. The van der Waals surface area contributed by atoms with Gasteiger partial charge in [0.25, 0.3) is 0 Å². The van der Waals surface area contributed by atoms with E-state index in [-0.39, 0.29) is 25.5 Å². The number of esters is 1. The molecule has 1 rings (SSSR count). The van der Waals surface area contributed by atoms with Gasteiger partial charge in [-0.1, -0.05) is 12.1 Å². The number of carboxylic acid groups (broad SMARTS) is 1. The largest absolute Gasteiger partial charge is 0.495 e. The fourth-order valence-electron chi connectivity index (χ4n) is 1.80. The fourth-order valence-corrected chi connectivity index (χ4v) is 1.80. The summed E-state index contributed by atoms with van der Waals surface area (Å²) in [5, 5.41) is 8.98. The second kappa shape index (κ2) is 8.04. The molecule has 6 heteroatoms. The Morgan fingerprint density at radius 3 is 2.60 bits per heavy atom. The van der Waals surface area contributed by atoms with Crippen LogP contribution in [0.4, 0.5) is 5.69 Å². The van der Waals surface area contributed by atoms with Crippen LogP contribution in [0.1, 0.15) is 13.3 Å². The van der Waals surface area contributed by atoms with Gasteiger partial charge in [0.15, 0.2) is 0 Å². The molecule has 0 aromatic heterocycles. The summed E-state index contributed by atoms with van der Waals surface area (Å²) < 4.78 is 10.1. The number of nitrogens with zero attached hydrogens (tertiary/aromatic N) is 1. The van der Waals surface area contributed by atoms with Gasteiger partial charge in [0.2, 0.25) is 0 Å². The number of ether oxygens (including phenoxy) is 2. The fraction of sp³-hybridized carbons (Fsp3) is 0.429. The molecule has 1 aromatic rings. The Bertz CT molecular complexity index is 461. The number of carbonyl (C=O) groups is 2. The highest BCUT2D eigenvalue weighted by Gasteiger charge is 2.16. The molecule has 0 saturated heterocycles. The van der Waals surface area contributed by atoms with Gasteiger partial charge in [-0.2, -0.15) is 0 Å². The molecule has 1 aromatic carbocycles. The molecule has 6 nitrogen and oxygen atoms in total. The van der Waals surface area contributed by atoms with Gasteiger partial charge in [-0.25, -0.2) is 0 Å². The SMILES string of the molecule is CCOC(=O)CCN(CC(=O)O)c1ccccc1OC. The first-order valence-corrected chi connectivity index (χ1v) is 6.33. The summed E-state index contributed by atoms with van der Waals surface area (Å²) in [4.78, 5) is 23.9. The van der Waals surface area contributed by atoms with Crippen molar-refractivity contribution in [2.45, 2.75) is 13.3 Å². The minimum absolute atomic E-state index is 0.124. The molecule has 110 valence electrons. The van der Waals surface area contributed by atoms with Crippen molar-refractivity contribution in [2.24, 2.45) is 0 Å². The van der Waals surface area contributed by atoms with E-state index in [1.54, 1.807) is 36.1 Å². The van der Waals surface area contributed by atoms with Crippen molar-refractivity contribution in [1.82, 2.24) is 0 Å². The third-order valence-corrected chi connectivity index (χ3v) is 2.64. The highest BCUT2D eigenvalue weighted by atomic mass is 16.5. The number of hydrogen-bond donors (Lipinski definition) is 1. The monoisotopic (exact) mass is 281 g/mol. The van der Waals surface area contributed by atoms with Gasteiger partial charge in [0, 0.05) is 6.54 Å². The van der Waals surface area contributed by atoms with E-state index in [4.69, 9.17) is 14.6 Å². The van der Waals surface area contributed by atoms with Crippen molar-refractivity contribution in [3.05, 3.63) is 24.3 Å². The summed E-state index contributed by atoms with van der Waals surface area (Å²) in [5.41, 5.74) is 0.640. The first kappa shape index (κ1) is 15.8. The average Bonchev–Trinajstić information content (AvgIpc) is 2.43. The molecule has 0 atom stereocenters. The molecule has 0 bridgehead atoms. The number of benzene rings is 1. The van der Waals surface area contributed by atoms with Crippen LogP contribution >= 0.6 is 0 Å². The second-order valence-corrected chi connectivity index (χ2v) is 4.04. The van der Waals surface area contributed by atoms with Gasteiger partial charge in [-0.05, 0) is 19.1 Å². The van der Waals surface area contributed by atoms with Gasteiger partial charge < -0.3 is 19.5 Å². The molecule has 0 aliphatic carbocycles. The standard InChI is InChI=1S/C14H19NO5/c1-3-20-14(18)8-9-15(10-13(16)17)11-6-4-5-7-12(11)19-2/h4-7H,3,8-10H2,1-2H3,(H,16,17). The van der Waals surface area contributed by atoms with Gasteiger partial charge in [-0.3, -0.25) is 9.59 Å². The number of methoxy groups -OCH3 is 1. The number of hydrogen-bond acceptors (Lipinski definition) is 5. The third-order valence-electron chi connectivity index (χ3n) is 2.64. The van der Waals surface area contributed by atoms with Crippen LogP contribution in [0.25, 0.3) is 0 Å². The molecule has 0 amide bonds. The van der Waals surface area contributed by atoms with Gasteiger partial charge in [0.1, 0.15) is 12.3 Å². The minimum Gasteiger partial charge on any atom is -0.495 e. The van der Waals surface area contributed by atoms with Crippen LogP contribution in [0.5, 0.6) is 5.75 Å². The zero-order chi connectivity index (χ0) is 15.0. The Kier molecular flexibility index (Phi) is 6.36. The van der Waals surface area contributed by atoms with E-state index in [2.05, 4.69) is 0 Å². The molecule has 0 aliphatic rings. The van der Waals surface area contributed by atoms with Crippen LogP contribution in [0.3, 0.4) is 0 Å². The summed E-state index contributed by atoms with van der Waals surface area (Å²) >= 11 is 0. The molecule has 0 radical (unpaired) electrons. The molecule has 0 fully saturated rings. The number of carbonyl (C=O) groups excluding carboxylic acids is 1. The summed E-state index contributed by atoms with van der Waals surface area (Å²) in [6.45, 7) is 2.09. The topological polar surface area (TPSA) is 76.1 Å². The molecule has 0 unspecified atom stereocenters. The molecular formula is C14H19NO5. The van der Waals surface area contributed by atoms with Gasteiger partial charge >= 0.3 is 11.9 Å². The average molecular weight is 281 g/mol. The van der Waals surface area contributed by atoms with Crippen LogP contribution in [-0.2, 0) is 14.3 Å². The van der Waals surface area contributed by atoms with Gasteiger partial charge in [0.05, 0.1) is 25.8 Å². The zero-order valence-corrected chi connectivity index (χ0v) is 11.7. The summed E-state index contributed by atoms with van der Waals surface area (Å²) in [6, 6.07) is 7.09. The number of aliphatic carboxylic acids is 1. The van der Waals surface area contributed by atoms with Crippen molar-refractivity contribution < 1.29 is 24.2 Å². The van der Waals surface area contributed by atoms with E-state index in [0.717, 1.165) is 0 Å². The van der Waals surface area contributed by atoms with E-state index in [0.29, 0.717) is 18.0 Å². The van der Waals surface area contributed by atoms with E-state index in [1.807, 2.05) is 0 Å². The normalized spacial score (nSPS) is 9.90. The summed E-state index contributed by atoms with van der Waals surface area (Å²) in [6.07, 6.45) is 0.124. The zero-order valence-electron chi connectivity index (χ0n) is 11.7. The predicted molar refractivity (Wildman–Crippen MR) is 74.1 cm³/mol. The van der Waals surface area contributed by atoms with Crippen LogP contribution in [0.2, 0.25) is 0 Å². The van der Waals surface area contributed by atoms with Crippen LogP contribution in [0.15, 0.2) is 24.3 Å². The number of rotatable bonds is 8. The maximum absolute atomic E-state index is 11.4. The molecule has 20 heavy (non-hydrogen) atoms. The smallest absolute Gasteiger partial charge is 0.323 e. The molecule has 0 saturated carbocycles. The highest BCUT2D eigenvalue weighted by molar-refractivity contribution is 5.76. The lowest BCUT2D eigenvalue weighted by Crippen LogP contribution is -2.32. The number of carboxylic acids is 1. The predicted octanol–water partition coefficient (Wildman–Crippen LogP) is 1.54. The van der Waals surface area contributed by atoms with Crippen molar-refractivity contribution in [1.29, 1.82) is 0 Å². The van der Waals surface area contributed by atoms with Crippen molar-refractivity contribution >= 4 is 17.6 Å². The molecule has 0 aliphatic heterocycles. The molecule has 0 spiro atoms. The van der Waals surface area contributed by atoms with E-state index in [9.17, 15) is 9.59 Å². The van der Waals surface area contributed by atoms with Gasteiger partial charge in [-0.15, -0.1) is 0 Å². The van der Waals surface area contributed by atoms with Crippen molar-refractivity contribution in [3.8, 4) is 5.75 Å². The Hall–Kier alpha value is -2.24. The van der Waals surface area contributed by atoms with Crippen LogP contribution in [0, 0.1) is 0 Å². The quantitative estimate of drug-likeness (QED) is 0.728. The molecule has 1 N–H and O–H groups in total.